The van der Waals surface area contributed by atoms with Gasteiger partial charge in [-0.1, -0.05) is 12.1 Å². The first kappa shape index (κ1) is 17.6. The highest BCUT2D eigenvalue weighted by atomic mass is 16.3. The molecule has 3 aromatic rings. The van der Waals surface area contributed by atoms with Crippen molar-refractivity contribution in [1.29, 1.82) is 0 Å². The van der Waals surface area contributed by atoms with Gasteiger partial charge >= 0.3 is 0 Å². The minimum absolute atomic E-state index is 0.0453. The number of Topliss-reactive ketones (excluding diaryl/α,β-unsaturated/α-hetero) is 1. The highest BCUT2D eigenvalue weighted by Crippen LogP contribution is 2.41. The maximum Gasteiger partial charge on any atom is 0.300 e. The van der Waals surface area contributed by atoms with Gasteiger partial charge in [-0.2, -0.15) is 0 Å². The van der Waals surface area contributed by atoms with Crippen molar-refractivity contribution in [2.24, 2.45) is 0 Å². The number of aliphatic hydroxyl groups excluding tert-OH is 1. The largest absolute Gasteiger partial charge is 0.507 e. The maximum atomic E-state index is 13.0. The van der Waals surface area contributed by atoms with Crippen molar-refractivity contribution in [2.45, 2.75) is 13.0 Å². The number of nitrogens with zero attached hydrogens (tertiary/aromatic N) is 3. The molecule has 0 bridgehead atoms. The first-order chi connectivity index (χ1) is 13.6. The van der Waals surface area contributed by atoms with E-state index in [1.165, 1.54) is 17.3 Å². The number of rotatable bonds is 3. The summed E-state index contributed by atoms with van der Waals surface area (Å²) in [6, 6.07) is 13.3. The topological polar surface area (TPSA) is 83.4 Å². The molecular weight excluding hydrogens is 354 g/mol. The molecule has 28 heavy (non-hydrogen) atoms. The van der Waals surface area contributed by atoms with Crippen LogP contribution in [-0.2, 0) is 9.59 Å². The van der Waals surface area contributed by atoms with Crippen LogP contribution in [0.1, 0.15) is 22.7 Å². The lowest BCUT2D eigenvalue weighted by Gasteiger charge is -2.25. The minimum atomic E-state index is -0.752. The summed E-state index contributed by atoms with van der Waals surface area (Å²) in [4.78, 5) is 35.3. The van der Waals surface area contributed by atoms with Crippen molar-refractivity contribution in [3.63, 3.8) is 0 Å². The fourth-order valence-electron chi connectivity index (χ4n) is 3.40. The third-order valence-electron chi connectivity index (χ3n) is 4.70. The molecule has 0 aliphatic carbocycles. The number of carbonyl (C=O) groups excluding carboxylic acids is 2. The second-order valence-corrected chi connectivity index (χ2v) is 6.52. The highest BCUT2D eigenvalue weighted by Gasteiger charge is 2.46. The molecule has 0 saturated carbocycles. The van der Waals surface area contributed by atoms with E-state index in [4.69, 9.17) is 0 Å². The van der Waals surface area contributed by atoms with Gasteiger partial charge in [-0.3, -0.25) is 24.5 Å². The lowest BCUT2D eigenvalue weighted by atomic mass is 9.96. The lowest BCUT2D eigenvalue weighted by molar-refractivity contribution is -0.132. The van der Waals surface area contributed by atoms with Crippen LogP contribution in [0.15, 0.2) is 78.9 Å². The van der Waals surface area contributed by atoms with E-state index in [-0.39, 0.29) is 11.3 Å². The van der Waals surface area contributed by atoms with Gasteiger partial charge < -0.3 is 5.11 Å². The van der Waals surface area contributed by atoms with Crippen LogP contribution in [0.3, 0.4) is 0 Å². The van der Waals surface area contributed by atoms with Crippen LogP contribution < -0.4 is 4.90 Å². The molecule has 0 radical (unpaired) electrons. The summed E-state index contributed by atoms with van der Waals surface area (Å²) < 4.78 is 0. The number of carbonyl (C=O) groups is 2. The van der Waals surface area contributed by atoms with Gasteiger partial charge in [0, 0.05) is 36.0 Å². The van der Waals surface area contributed by atoms with Gasteiger partial charge in [0.1, 0.15) is 5.76 Å². The summed E-state index contributed by atoms with van der Waals surface area (Å²) in [5.74, 6) is -1.63. The number of ketones is 1. The summed E-state index contributed by atoms with van der Waals surface area (Å²) in [5, 5.41) is 10.9. The van der Waals surface area contributed by atoms with Gasteiger partial charge in [-0.25, -0.2) is 0 Å². The van der Waals surface area contributed by atoms with Crippen LogP contribution in [0, 0.1) is 6.92 Å². The Morgan fingerprint density at radius 1 is 0.964 bits per heavy atom. The summed E-state index contributed by atoms with van der Waals surface area (Å²) in [5.41, 5.74) is 2.71. The number of benzene rings is 1. The number of aromatic nitrogens is 2. The van der Waals surface area contributed by atoms with Gasteiger partial charge in [0.05, 0.1) is 11.6 Å². The van der Waals surface area contributed by atoms with Crippen LogP contribution in [0.4, 0.5) is 5.69 Å². The molecule has 6 heteroatoms. The zero-order valence-electron chi connectivity index (χ0n) is 15.1. The molecular formula is C22H17N3O3. The number of aryl methyl sites for hydroxylation is 1. The van der Waals surface area contributed by atoms with Gasteiger partial charge in [0.2, 0.25) is 0 Å². The van der Waals surface area contributed by atoms with E-state index in [9.17, 15) is 14.7 Å². The van der Waals surface area contributed by atoms with Crippen molar-refractivity contribution >= 4 is 23.1 Å². The number of aliphatic hydroxyl groups is 1. The zero-order chi connectivity index (χ0) is 19.7. The Balaban J connectivity index is 1.95. The molecule has 1 fully saturated rings. The zero-order valence-corrected chi connectivity index (χ0v) is 15.1. The molecule has 1 aliphatic heterocycles. The Morgan fingerprint density at radius 3 is 2.25 bits per heavy atom. The van der Waals surface area contributed by atoms with Crippen molar-refractivity contribution in [1.82, 2.24) is 9.97 Å². The predicted octanol–water partition coefficient (Wildman–Crippen LogP) is 3.41. The summed E-state index contributed by atoms with van der Waals surface area (Å²) >= 11 is 0. The molecule has 1 saturated heterocycles. The number of anilines is 1. The molecule has 6 nitrogen and oxygen atoms in total. The van der Waals surface area contributed by atoms with Gasteiger partial charge in [-0.15, -0.1) is 0 Å². The minimum Gasteiger partial charge on any atom is -0.507 e. The molecule has 138 valence electrons. The van der Waals surface area contributed by atoms with E-state index < -0.39 is 17.7 Å². The molecule has 1 aromatic carbocycles. The van der Waals surface area contributed by atoms with Crippen molar-refractivity contribution in [2.75, 3.05) is 4.90 Å². The van der Waals surface area contributed by atoms with Crippen LogP contribution in [-0.4, -0.2) is 26.8 Å². The average Bonchev–Trinajstić information content (AvgIpc) is 3.00. The van der Waals surface area contributed by atoms with Crippen LogP contribution in [0.5, 0.6) is 0 Å². The van der Waals surface area contributed by atoms with Crippen molar-refractivity contribution in [3.05, 3.63) is 95.6 Å². The van der Waals surface area contributed by atoms with Crippen molar-refractivity contribution < 1.29 is 14.7 Å². The molecule has 1 atom stereocenters. The SMILES string of the molecule is Cc1cccc(N2C(=O)C(=O)/C(=C(/O)c3ccncc3)C2c2ccncc2)c1. The number of amides is 1. The summed E-state index contributed by atoms with van der Waals surface area (Å²) in [7, 11) is 0. The van der Waals surface area contributed by atoms with Gasteiger partial charge in [0.25, 0.3) is 11.7 Å². The van der Waals surface area contributed by atoms with E-state index >= 15 is 0 Å². The molecule has 1 amide bonds. The van der Waals surface area contributed by atoms with Gasteiger partial charge in [0.15, 0.2) is 0 Å². The fourth-order valence-corrected chi connectivity index (χ4v) is 3.40. The second kappa shape index (κ2) is 7.08. The van der Waals surface area contributed by atoms with E-state index in [1.54, 1.807) is 42.7 Å². The first-order valence-electron chi connectivity index (χ1n) is 8.76. The Hall–Kier alpha value is -3.80. The highest BCUT2D eigenvalue weighted by molar-refractivity contribution is 6.51. The first-order valence-corrected chi connectivity index (χ1v) is 8.76. The standard InChI is InChI=1S/C22H17N3O3/c1-14-3-2-4-17(13-14)25-19(15-5-9-23-10-6-15)18(21(27)22(25)28)20(26)16-7-11-24-12-8-16/h2-13,19,26H,1H3/b20-18+. The summed E-state index contributed by atoms with van der Waals surface area (Å²) in [6.45, 7) is 1.92. The maximum absolute atomic E-state index is 13.0. The third kappa shape index (κ3) is 2.95. The van der Waals surface area contributed by atoms with Crippen LogP contribution >= 0.6 is 0 Å². The smallest absolute Gasteiger partial charge is 0.300 e. The average molecular weight is 371 g/mol. The molecule has 1 unspecified atom stereocenters. The van der Waals surface area contributed by atoms with Crippen LogP contribution in [0.2, 0.25) is 0 Å². The third-order valence-corrected chi connectivity index (χ3v) is 4.70. The molecule has 4 rings (SSSR count). The molecule has 2 aromatic heterocycles. The van der Waals surface area contributed by atoms with E-state index in [2.05, 4.69) is 9.97 Å². The normalized spacial score (nSPS) is 18.5. The lowest BCUT2D eigenvalue weighted by Crippen LogP contribution is -2.29. The monoisotopic (exact) mass is 371 g/mol. The van der Waals surface area contributed by atoms with E-state index in [0.717, 1.165) is 5.56 Å². The van der Waals surface area contributed by atoms with Gasteiger partial charge in [-0.05, 0) is 54.4 Å². The Bertz CT molecular complexity index is 1080. The van der Waals surface area contributed by atoms with Crippen molar-refractivity contribution in [3.8, 4) is 0 Å². The fraction of sp³-hybridized carbons (Fsp3) is 0.0909. The van der Waals surface area contributed by atoms with E-state index in [1.807, 2.05) is 25.1 Å². The second-order valence-electron chi connectivity index (χ2n) is 6.52. The predicted molar refractivity (Wildman–Crippen MR) is 104 cm³/mol. The quantitative estimate of drug-likeness (QED) is 0.433. The molecule has 0 spiro atoms. The van der Waals surface area contributed by atoms with E-state index in [0.29, 0.717) is 16.8 Å². The number of hydrogen-bond donors (Lipinski definition) is 1. The molecule has 1 N–H and O–H groups in total. The molecule has 1 aliphatic rings. The Labute approximate surface area is 161 Å². The summed E-state index contributed by atoms with van der Waals surface area (Å²) in [6.07, 6.45) is 6.23. The number of pyridine rings is 2. The molecule has 3 heterocycles. The Morgan fingerprint density at radius 2 is 1.61 bits per heavy atom. The number of hydrogen-bond acceptors (Lipinski definition) is 5. The Kier molecular flexibility index (Phi) is 4.45. The van der Waals surface area contributed by atoms with Crippen LogP contribution in [0.25, 0.3) is 5.76 Å².